The molecular weight excluding hydrogens is 300 g/mol. The number of rotatable bonds is 9. The van der Waals surface area contributed by atoms with Crippen LogP contribution in [0.5, 0.6) is 0 Å². The molecule has 2 aromatic rings. The topological polar surface area (TPSA) is 92.5 Å². The molecule has 2 aromatic heterocycles. The van der Waals surface area contributed by atoms with Gasteiger partial charge in [-0.15, -0.1) is 0 Å². The van der Waals surface area contributed by atoms with Crippen LogP contribution in [-0.2, 0) is 11.5 Å². The molecule has 0 bridgehead atoms. The monoisotopic (exact) mass is 316 g/mol. The Morgan fingerprint density at radius 1 is 0.900 bits per heavy atom. The first-order valence-corrected chi connectivity index (χ1v) is 8.37. The Kier molecular flexibility index (Phi) is 6.44. The van der Waals surface area contributed by atoms with Crippen LogP contribution in [0.4, 0.5) is 0 Å². The van der Waals surface area contributed by atoms with E-state index in [0.717, 1.165) is 11.4 Å². The van der Waals surface area contributed by atoms with Gasteiger partial charge in [-0.05, 0) is 0 Å². The first kappa shape index (κ1) is 15.4. The number of aliphatic hydroxyl groups is 2. The number of hydrogen-bond acceptors (Lipinski definition) is 8. The molecule has 2 N–H and O–H groups in total. The highest BCUT2D eigenvalue weighted by atomic mass is 32.2. The third kappa shape index (κ3) is 5.20. The molecule has 0 aromatic carbocycles. The van der Waals surface area contributed by atoms with Crippen molar-refractivity contribution in [2.45, 2.75) is 23.7 Å². The minimum absolute atomic E-state index is 0.457. The molecule has 0 amide bonds. The maximum absolute atomic E-state index is 9.84. The van der Waals surface area contributed by atoms with Crippen molar-refractivity contribution in [3.63, 3.8) is 0 Å². The molecule has 0 saturated heterocycles. The molecule has 2 atom stereocenters. The van der Waals surface area contributed by atoms with E-state index in [0.29, 0.717) is 23.0 Å². The van der Waals surface area contributed by atoms with E-state index in [1.807, 2.05) is 0 Å². The predicted molar refractivity (Wildman–Crippen MR) is 77.3 cm³/mol. The molecule has 2 heterocycles. The van der Waals surface area contributed by atoms with Gasteiger partial charge in [-0.2, -0.15) is 23.5 Å². The van der Waals surface area contributed by atoms with Crippen molar-refractivity contribution in [3.05, 3.63) is 36.0 Å². The summed E-state index contributed by atoms with van der Waals surface area (Å²) in [4.78, 5) is 0. The maximum Gasteiger partial charge on any atom is 0.124 e. The van der Waals surface area contributed by atoms with Crippen molar-refractivity contribution >= 4 is 23.5 Å². The second-order valence-corrected chi connectivity index (χ2v) is 6.21. The zero-order valence-corrected chi connectivity index (χ0v) is 12.3. The number of nitrogens with zero attached hydrogens (tertiary/aromatic N) is 2. The zero-order valence-electron chi connectivity index (χ0n) is 10.7. The van der Waals surface area contributed by atoms with Crippen LogP contribution in [0.15, 0.2) is 33.7 Å². The first-order chi connectivity index (χ1) is 9.75. The molecule has 6 nitrogen and oxygen atoms in total. The summed E-state index contributed by atoms with van der Waals surface area (Å²) in [5.74, 6) is 2.23. The standard InChI is InChI=1S/C12H16N2O4S2/c15-11(7-19-5-9-1-3-17-13-9)12(16)8-20-6-10-2-4-18-14-10/h1-4,11-12,15-16H,5-8H2/t11-,12+. The molecule has 0 spiro atoms. The molecule has 8 heteroatoms. The highest BCUT2D eigenvalue weighted by molar-refractivity contribution is 7.98. The van der Waals surface area contributed by atoms with Gasteiger partial charge < -0.3 is 19.3 Å². The summed E-state index contributed by atoms with van der Waals surface area (Å²) in [6, 6.07) is 3.56. The van der Waals surface area contributed by atoms with Crippen LogP contribution in [0.2, 0.25) is 0 Å². The minimum Gasteiger partial charge on any atom is -0.390 e. The van der Waals surface area contributed by atoms with E-state index < -0.39 is 12.2 Å². The molecule has 0 radical (unpaired) electrons. The first-order valence-electron chi connectivity index (χ1n) is 6.06. The fourth-order valence-corrected chi connectivity index (χ4v) is 3.29. The normalized spacial score (nSPS) is 14.3. The SMILES string of the molecule is O[C@H](CSCc1ccon1)[C@@H](O)CSCc1ccon1. The highest BCUT2D eigenvalue weighted by Crippen LogP contribution is 2.16. The summed E-state index contributed by atoms with van der Waals surface area (Å²) in [6.45, 7) is 0. The maximum atomic E-state index is 9.84. The van der Waals surface area contributed by atoms with E-state index in [1.165, 1.54) is 36.1 Å². The lowest BCUT2D eigenvalue weighted by atomic mass is 10.3. The molecule has 0 unspecified atom stereocenters. The van der Waals surface area contributed by atoms with E-state index in [4.69, 9.17) is 9.05 Å². The predicted octanol–water partition coefficient (Wildman–Crippen LogP) is 1.55. The zero-order chi connectivity index (χ0) is 14.2. The fraction of sp³-hybridized carbons (Fsp3) is 0.500. The molecule has 0 fully saturated rings. The Bertz CT molecular complexity index is 420. The van der Waals surface area contributed by atoms with E-state index in [2.05, 4.69) is 10.3 Å². The van der Waals surface area contributed by atoms with Crippen LogP contribution in [0.1, 0.15) is 11.4 Å². The summed E-state index contributed by atoms with van der Waals surface area (Å²) in [6.07, 6.45) is 1.53. The average molecular weight is 316 g/mol. The Hall–Kier alpha value is -0.960. The van der Waals surface area contributed by atoms with Crippen molar-refractivity contribution < 1.29 is 19.3 Å². The van der Waals surface area contributed by atoms with Crippen molar-refractivity contribution in [3.8, 4) is 0 Å². The van der Waals surface area contributed by atoms with Gasteiger partial charge in [-0.1, -0.05) is 10.3 Å². The van der Waals surface area contributed by atoms with Gasteiger partial charge in [-0.3, -0.25) is 0 Å². The lowest BCUT2D eigenvalue weighted by Gasteiger charge is -2.16. The molecule has 0 saturated carbocycles. The largest absolute Gasteiger partial charge is 0.390 e. The minimum atomic E-state index is -0.753. The van der Waals surface area contributed by atoms with Crippen LogP contribution in [0.3, 0.4) is 0 Å². The highest BCUT2D eigenvalue weighted by Gasteiger charge is 2.16. The van der Waals surface area contributed by atoms with Crippen molar-refractivity contribution in [1.82, 2.24) is 10.3 Å². The van der Waals surface area contributed by atoms with Gasteiger partial charge in [-0.25, -0.2) is 0 Å². The molecule has 0 aliphatic carbocycles. The fourth-order valence-electron chi connectivity index (χ4n) is 1.41. The number of hydrogen-bond donors (Lipinski definition) is 2. The van der Waals surface area contributed by atoms with Crippen LogP contribution in [-0.4, -0.2) is 44.2 Å². The molecule has 2 rings (SSSR count). The summed E-state index contributed by atoms with van der Waals surface area (Å²) in [5.41, 5.74) is 1.66. The lowest BCUT2D eigenvalue weighted by Crippen LogP contribution is -2.30. The Morgan fingerprint density at radius 3 is 1.70 bits per heavy atom. The van der Waals surface area contributed by atoms with Gasteiger partial charge in [0.25, 0.3) is 0 Å². The summed E-state index contributed by atoms with van der Waals surface area (Å²) < 4.78 is 9.43. The Labute approximate surface area is 124 Å². The summed E-state index contributed by atoms with van der Waals surface area (Å²) >= 11 is 3.02. The van der Waals surface area contributed by atoms with Crippen molar-refractivity contribution in [2.24, 2.45) is 0 Å². The molecule has 110 valence electrons. The smallest absolute Gasteiger partial charge is 0.124 e. The molecule has 0 aliphatic heterocycles. The van der Waals surface area contributed by atoms with E-state index in [9.17, 15) is 10.2 Å². The van der Waals surface area contributed by atoms with Gasteiger partial charge in [0.15, 0.2) is 0 Å². The summed E-state index contributed by atoms with van der Waals surface area (Å²) in [5, 5.41) is 27.2. The number of aromatic nitrogens is 2. The van der Waals surface area contributed by atoms with Gasteiger partial charge >= 0.3 is 0 Å². The van der Waals surface area contributed by atoms with Crippen LogP contribution in [0, 0.1) is 0 Å². The quantitative estimate of drug-likeness (QED) is 0.720. The van der Waals surface area contributed by atoms with Crippen LogP contribution in [0.25, 0.3) is 0 Å². The molecule has 20 heavy (non-hydrogen) atoms. The summed E-state index contributed by atoms with van der Waals surface area (Å²) in [7, 11) is 0. The van der Waals surface area contributed by atoms with Gasteiger partial charge in [0.2, 0.25) is 0 Å². The average Bonchev–Trinajstić information content (AvgIpc) is 3.11. The van der Waals surface area contributed by atoms with Crippen molar-refractivity contribution in [2.75, 3.05) is 11.5 Å². The third-order valence-corrected chi connectivity index (χ3v) is 4.66. The van der Waals surface area contributed by atoms with Crippen molar-refractivity contribution in [1.29, 1.82) is 0 Å². The van der Waals surface area contributed by atoms with Gasteiger partial charge in [0, 0.05) is 35.1 Å². The third-order valence-electron chi connectivity index (χ3n) is 2.50. The Balaban J connectivity index is 1.58. The van der Waals surface area contributed by atoms with E-state index >= 15 is 0 Å². The van der Waals surface area contributed by atoms with Crippen LogP contribution >= 0.6 is 23.5 Å². The second-order valence-electron chi connectivity index (χ2n) is 4.15. The van der Waals surface area contributed by atoms with Gasteiger partial charge in [0.05, 0.1) is 23.6 Å². The Morgan fingerprint density at radius 2 is 1.35 bits per heavy atom. The van der Waals surface area contributed by atoms with Gasteiger partial charge in [0.1, 0.15) is 12.5 Å². The molecule has 0 aliphatic rings. The van der Waals surface area contributed by atoms with Crippen LogP contribution < -0.4 is 0 Å². The van der Waals surface area contributed by atoms with E-state index in [1.54, 1.807) is 12.1 Å². The van der Waals surface area contributed by atoms with E-state index in [-0.39, 0.29) is 0 Å². The second kappa shape index (κ2) is 8.35. The molecular formula is C12H16N2O4S2. The lowest BCUT2D eigenvalue weighted by molar-refractivity contribution is 0.0499. The number of aliphatic hydroxyl groups excluding tert-OH is 2. The number of thioether (sulfide) groups is 2.